The molecule has 3 N–H and O–H groups in total. The molecule has 2 heterocycles. The van der Waals surface area contributed by atoms with Crippen molar-refractivity contribution in [3.8, 4) is 0 Å². The summed E-state index contributed by atoms with van der Waals surface area (Å²) < 4.78 is 5.50. The number of hydrogen-bond donors (Lipinski definition) is 3. The van der Waals surface area contributed by atoms with Crippen molar-refractivity contribution in [3.63, 3.8) is 0 Å². The van der Waals surface area contributed by atoms with Gasteiger partial charge < -0.3 is 20.7 Å². The van der Waals surface area contributed by atoms with Gasteiger partial charge in [0.2, 0.25) is 5.91 Å². The highest BCUT2D eigenvalue weighted by molar-refractivity contribution is 14.0. The van der Waals surface area contributed by atoms with Crippen molar-refractivity contribution in [2.24, 2.45) is 10.4 Å². The number of nitrogens with zero attached hydrogens (tertiary/aromatic N) is 3. The Morgan fingerprint density at radius 2 is 1.90 bits per heavy atom. The van der Waals surface area contributed by atoms with Crippen LogP contribution in [-0.4, -0.2) is 93.8 Å². The van der Waals surface area contributed by atoms with E-state index in [2.05, 4.69) is 25.8 Å². The second kappa shape index (κ2) is 11.9. The fourth-order valence-corrected chi connectivity index (χ4v) is 4.39. The SMILES string of the molecule is CN=C(NCCN1C(=O)CNC1=O)NCC1(CN2CCOCC2)CCCCC1.I. The van der Waals surface area contributed by atoms with Gasteiger partial charge in [-0.2, -0.15) is 0 Å². The van der Waals surface area contributed by atoms with Gasteiger partial charge in [-0.25, -0.2) is 4.79 Å². The van der Waals surface area contributed by atoms with Crippen LogP contribution in [0.3, 0.4) is 0 Å². The smallest absolute Gasteiger partial charge is 0.324 e. The lowest BCUT2D eigenvalue weighted by Crippen LogP contribution is -2.51. The summed E-state index contributed by atoms with van der Waals surface area (Å²) in [5, 5.41) is 9.26. The highest BCUT2D eigenvalue weighted by Crippen LogP contribution is 2.36. The Balaban J connectivity index is 0.00000300. The van der Waals surface area contributed by atoms with Gasteiger partial charge in [-0.3, -0.25) is 19.6 Å². The molecule has 0 atom stereocenters. The number of halogens is 1. The van der Waals surface area contributed by atoms with Crippen molar-refractivity contribution in [3.05, 3.63) is 0 Å². The summed E-state index contributed by atoms with van der Waals surface area (Å²) in [5.74, 6) is 0.542. The standard InChI is InChI=1S/C19H34N6O3.HI/c1-20-17(21-7-8-25-16(26)13-22-18(25)27)23-14-19(5-3-2-4-6-19)15-24-9-11-28-12-10-24;/h2-15H2,1H3,(H,22,27)(H2,20,21,23);1H. The van der Waals surface area contributed by atoms with Crippen molar-refractivity contribution in [1.29, 1.82) is 0 Å². The maximum absolute atomic E-state index is 11.6. The van der Waals surface area contributed by atoms with Crippen LogP contribution in [0.2, 0.25) is 0 Å². The Kier molecular flexibility index (Phi) is 9.90. The van der Waals surface area contributed by atoms with Gasteiger partial charge in [0.25, 0.3) is 0 Å². The zero-order chi connectivity index (χ0) is 19.8. The van der Waals surface area contributed by atoms with Crippen LogP contribution in [0.15, 0.2) is 4.99 Å². The average molecular weight is 522 g/mol. The molecule has 0 unspecified atom stereocenters. The predicted molar refractivity (Wildman–Crippen MR) is 123 cm³/mol. The molecule has 0 aromatic carbocycles. The Bertz CT molecular complexity index is 560. The van der Waals surface area contributed by atoms with Crippen LogP contribution in [0, 0.1) is 5.41 Å². The summed E-state index contributed by atoms with van der Waals surface area (Å²) in [6.07, 6.45) is 6.35. The van der Waals surface area contributed by atoms with Gasteiger partial charge in [0.1, 0.15) is 0 Å². The zero-order valence-electron chi connectivity index (χ0n) is 17.4. The van der Waals surface area contributed by atoms with E-state index in [1.54, 1.807) is 7.05 Å². The van der Waals surface area contributed by atoms with Crippen LogP contribution in [0.5, 0.6) is 0 Å². The van der Waals surface area contributed by atoms with Crippen LogP contribution >= 0.6 is 24.0 Å². The van der Waals surface area contributed by atoms with E-state index in [1.165, 1.54) is 37.0 Å². The number of carbonyl (C=O) groups excluding carboxylic acids is 2. The van der Waals surface area contributed by atoms with E-state index in [0.29, 0.717) is 13.1 Å². The maximum atomic E-state index is 11.6. The molecule has 166 valence electrons. The number of carbonyl (C=O) groups is 2. The number of nitrogens with one attached hydrogen (secondary N) is 3. The molecule has 2 saturated heterocycles. The number of imide groups is 1. The van der Waals surface area contributed by atoms with E-state index in [4.69, 9.17) is 4.74 Å². The number of morpholine rings is 1. The topological polar surface area (TPSA) is 98.3 Å². The summed E-state index contributed by atoms with van der Waals surface area (Å²) in [7, 11) is 1.75. The number of hydrogen-bond acceptors (Lipinski definition) is 5. The summed E-state index contributed by atoms with van der Waals surface area (Å²) in [6.45, 7) is 6.58. The first-order valence-electron chi connectivity index (χ1n) is 10.4. The zero-order valence-corrected chi connectivity index (χ0v) is 19.7. The van der Waals surface area contributed by atoms with E-state index in [-0.39, 0.29) is 47.9 Å². The number of aliphatic imine (C=N–C) groups is 1. The third-order valence-electron chi connectivity index (χ3n) is 6.00. The number of guanidine groups is 1. The van der Waals surface area contributed by atoms with Crippen LogP contribution in [0.25, 0.3) is 0 Å². The van der Waals surface area contributed by atoms with Crippen molar-refractivity contribution >= 4 is 41.9 Å². The third-order valence-corrected chi connectivity index (χ3v) is 6.00. The molecule has 9 nitrogen and oxygen atoms in total. The second-order valence-corrected chi connectivity index (χ2v) is 8.01. The number of amides is 3. The van der Waals surface area contributed by atoms with Crippen LogP contribution in [0.4, 0.5) is 4.79 Å². The van der Waals surface area contributed by atoms with Gasteiger partial charge in [0.05, 0.1) is 19.8 Å². The Labute approximate surface area is 190 Å². The highest BCUT2D eigenvalue weighted by atomic mass is 127. The normalized spacial score (nSPS) is 22.8. The van der Waals surface area contributed by atoms with Crippen molar-refractivity contribution in [2.45, 2.75) is 32.1 Å². The lowest BCUT2D eigenvalue weighted by molar-refractivity contribution is -0.124. The molecule has 0 radical (unpaired) electrons. The molecule has 29 heavy (non-hydrogen) atoms. The fraction of sp³-hybridized carbons (Fsp3) is 0.842. The largest absolute Gasteiger partial charge is 0.379 e. The minimum Gasteiger partial charge on any atom is -0.379 e. The highest BCUT2D eigenvalue weighted by Gasteiger charge is 2.34. The predicted octanol–water partition coefficient (Wildman–Crippen LogP) is 0.604. The van der Waals surface area contributed by atoms with Gasteiger partial charge >= 0.3 is 6.03 Å². The molecule has 2 aliphatic heterocycles. The molecule has 3 aliphatic rings. The van der Waals surface area contributed by atoms with Gasteiger partial charge in [0.15, 0.2) is 5.96 Å². The Hall–Kier alpha value is -1.14. The van der Waals surface area contributed by atoms with E-state index < -0.39 is 0 Å². The Morgan fingerprint density at radius 1 is 1.17 bits per heavy atom. The average Bonchev–Trinajstić information content (AvgIpc) is 3.04. The lowest BCUT2D eigenvalue weighted by atomic mass is 9.73. The van der Waals surface area contributed by atoms with Crippen molar-refractivity contribution in [2.75, 3.05) is 66.1 Å². The molecular weight excluding hydrogens is 487 g/mol. The molecule has 3 amide bonds. The molecule has 0 aromatic rings. The van der Waals surface area contributed by atoms with E-state index in [1.807, 2.05) is 0 Å². The van der Waals surface area contributed by atoms with Gasteiger partial charge in [-0.1, -0.05) is 19.3 Å². The number of urea groups is 1. The van der Waals surface area contributed by atoms with Crippen molar-refractivity contribution < 1.29 is 14.3 Å². The molecule has 0 aromatic heterocycles. The first-order chi connectivity index (χ1) is 13.6. The van der Waals surface area contributed by atoms with E-state index >= 15 is 0 Å². The molecule has 0 spiro atoms. The van der Waals surface area contributed by atoms with Crippen molar-refractivity contribution in [1.82, 2.24) is 25.8 Å². The number of ether oxygens (including phenoxy) is 1. The minimum absolute atomic E-state index is 0. The quantitative estimate of drug-likeness (QED) is 0.196. The molecule has 3 rings (SSSR count). The molecule has 1 aliphatic carbocycles. The molecule has 3 fully saturated rings. The second-order valence-electron chi connectivity index (χ2n) is 8.01. The summed E-state index contributed by atoms with van der Waals surface area (Å²) in [6, 6.07) is -0.318. The fourth-order valence-electron chi connectivity index (χ4n) is 4.39. The van der Waals surface area contributed by atoms with Crippen LogP contribution in [-0.2, 0) is 9.53 Å². The van der Waals surface area contributed by atoms with Crippen LogP contribution < -0.4 is 16.0 Å². The van der Waals surface area contributed by atoms with Gasteiger partial charge in [-0.05, 0) is 12.8 Å². The third kappa shape index (κ3) is 6.95. The number of rotatable bonds is 7. The monoisotopic (exact) mass is 522 g/mol. The van der Waals surface area contributed by atoms with E-state index in [9.17, 15) is 9.59 Å². The van der Waals surface area contributed by atoms with E-state index in [0.717, 1.165) is 45.4 Å². The minimum atomic E-state index is -0.318. The summed E-state index contributed by atoms with van der Waals surface area (Å²) in [5.41, 5.74) is 0.262. The molecule has 0 bridgehead atoms. The molecular formula is C19H35IN6O3. The molecule has 1 saturated carbocycles. The first kappa shape index (κ1) is 24.1. The summed E-state index contributed by atoms with van der Waals surface area (Å²) in [4.78, 5) is 31.3. The summed E-state index contributed by atoms with van der Waals surface area (Å²) >= 11 is 0. The molecule has 10 heteroatoms. The Morgan fingerprint density at radius 3 is 2.52 bits per heavy atom. The van der Waals surface area contributed by atoms with Gasteiger partial charge in [0, 0.05) is 51.7 Å². The van der Waals surface area contributed by atoms with Gasteiger partial charge in [-0.15, -0.1) is 24.0 Å². The lowest BCUT2D eigenvalue weighted by Gasteiger charge is -2.42. The maximum Gasteiger partial charge on any atom is 0.324 e. The first-order valence-corrected chi connectivity index (χ1v) is 10.4. The van der Waals surface area contributed by atoms with Crippen LogP contribution in [0.1, 0.15) is 32.1 Å².